The topological polar surface area (TPSA) is 46.5 Å². The molecule has 0 saturated heterocycles. The smallest absolute Gasteiger partial charge is 0.330 e. The Morgan fingerprint density at radius 3 is 2.77 bits per heavy atom. The van der Waals surface area contributed by atoms with Crippen molar-refractivity contribution in [1.29, 1.82) is 0 Å². The van der Waals surface area contributed by atoms with Gasteiger partial charge in [0.25, 0.3) is 0 Å². The number of esters is 1. The molecule has 1 unspecified atom stereocenters. The van der Waals surface area contributed by atoms with Crippen LogP contribution in [0.1, 0.15) is 32.6 Å². The maximum Gasteiger partial charge on any atom is 0.330 e. The van der Waals surface area contributed by atoms with E-state index < -0.39 is 0 Å². The number of hydrogen-bond donors (Lipinski definition) is 1. The third kappa shape index (κ3) is 9.08. The Morgan fingerprint density at radius 1 is 1.54 bits per heavy atom. The van der Waals surface area contributed by atoms with E-state index in [-0.39, 0.29) is 12.1 Å². The van der Waals surface area contributed by atoms with Gasteiger partial charge in [-0.3, -0.25) is 0 Å². The second-order valence-electron chi connectivity index (χ2n) is 3.06. The number of hydrogen-bond acceptors (Lipinski definition) is 3. The summed E-state index contributed by atoms with van der Waals surface area (Å²) in [6.45, 7) is 1.78. The van der Waals surface area contributed by atoms with Gasteiger partial charge in [0.15, 0.2) is 0 Å². The van der Waals surface area contributed by atoms with Crippen molar-refractivity contribution in [2.24, 2.45) is 0 Å². The minimum atomic E-state index is -0.310. The van der Waals surface area contributed by atoms with Crippen LogP contribution in [0.2, 0.25) is 0 Å². The minimum Gasteiger partial charge on any atom is -0.466 e. The highest BCUT2D eigenvalue weighted by Gasteiger charge is 1.94. The first kappa shape index (κ1) is 12.2. The molecule has 0 aromatic rings. The first-order chi connectivity index (χ1) is 6.16. The zero-order valence-corrected chi connectivity index (χ0v) is 8.32. The van der Waals surface area contributed by atoms with E-state index in [1.54, 1.807) is 13.0 Å². The van der Waals surface area contributed by atoms with Crippen LogP contribution in [0, 0.1) is 0 Å². The maximum atomic E-state index is 10.6. The summed E-state index contributed by atoms with van der Waals surface area (Å²) in [4.78, 5) is 10.6. The van der Waals surface area contributed by atoms with Gasteiger partial charge in [-0.05, 0) is 26.2 Å². The molecule has 0 aliphatic carbocycles. The fourth-order valence-corrected chi connectivity index (χ4v) is 0.950. The summed E-state index contributed by atoms with van der Waals surface area (Å²) >= 11 is 0. The number of unbranched alkanes of at least 4 members (excludes halogenated alkanes) is 2. The zero-order valence-electron chi connectivity index (χ0n) is 8.32. The van der Waals surface area contributed by atoms with Crippen molar-refractivity contribution in [3.8, 4) is 0 Å². The number of aliphatic hydroxyl groups excluding tert-OH is 1. The number of aliphatic hydroxyl groups is 1. The van der Waals surface area contributed by atoms with Crippen molar-refractivity contribution in [2.45, 2.75) is 38.7 Å². The van der Waals surface area contributed by atoms with Gasteiger partial charge >= 0.3 is 5.97 Å². The monoisotopic (exact) mass is 186 g/mol. The van der Waals surface area contributed by atoms with E-state index in [0.717, 1.165) is 25.7 Å². The summed E-state index contributed by atoms with van der Waals surface area (Å²) < 4.78 is 4.43. The van der Waals surface area contributed by atoms with Crippen molar-refractivity contribution in [2.75, 3.05) is 7.11 Å². The third-order valence-corrected chi connectivity index (χ3v) is 1.70. The molecule has 0 radical (unpaired) electrons. The maximum absolute atomic E-state index is 10.6. The first-order valence-corrected chi connectivity index (χ1v) is 4.59. The second-order valence-corrected chi connectivity index (χ2v) is 3.06. The lowest BCUT2D eigenvalue weighted by Gasteiger charge is -2.00. The van der Waals surface area contributed by atoms with Crippen LogP contribution in [0.15, 0.2) is 12.2 Å². The Labute approximate surface area is 79.4 Å². The molecular formula is C10H18O3. The number of carbonyl (C=O) groups is 1. The normalized spacial score (nSPS) is 13.2. The van der Waals surface area contributed by atoms with Gasteiger partial charge < -0.3 is 9.84 Å². The number of methoxy groups -OCH3 is 1. The van der Waals surface area contributed by atoms with Gasteiger partial charge in [-0.1, -0.05) is 12.5 Å². The van der Waals surface area contributed by atoms with Crippen LogP contribution in [0.4, 0.5) is 0 Å². The van der Waals surface area contributed by atoms with Crippen molar-refractivity contribution < 1.29 is 14.6 Å². The standard InChI is InChI=1S/C10H18O3/c1-9(11)7-5-3-4-6-8-10(12)13-2/h6,8-9,11H,3-5,7H2,1-2H3. The van der Waals surface area contributed by atoms with Gasteiger partial charge in [0.2, 0.25) is 0 Å². The van der Waals surface area contributed by atoms with E-state index in [2.05, 4.69) is 4.74 Å². The van der Waals surface area contributed by atoms with Gasteiger partial charge in [-0.2, -0.15) is 0 Å². The van der Waals surface area contributed by atoms with Crippen molar-refractivity contribution in [1.82, 2.24) is 0 Å². The zero-order chi connectivity index (χ0) is 10.1. The van der Waals surface area contributed by atoms with Crippen molar-refractivity contribution in [3.63, 3.8) is 0 Å². The summed E-state index contributed by atoms with van der Waals surface area (Å²) in [5.74, 6) is -0.310. The van der Waals surface area contributed by atoms with Crippen LogP contribution >= 0.6 is 0 Å². The van der Waals surface area contributed by atoms with Gasteiger partial charge in [-0.25, -0.2) is 4.79 Å². The molecule has 13 heavy (non-hydrogen) atoms. The van der Waals surface area contributed by atoms with E-state index in [9.17, 15) is 4.79 Å². The summed E-state index contributed by atoms with van der Waals surface area (Å²) in [7, 11) is 1.36. The van der Waals surface area contributed by atoms with E-state index in [1.807, 2.05) is 0 Å². The Morgan fingerprint density at radius 2 is 2.23 bits per heavy atom. The van der Waals surface area contributed by atoms with Crippen LogP contribution in [0.3, 0.4) is 0 Å². The molecule has 0 bridgehead atoms. The van der Waals surface area contributed by atoms with Crippen LogP contribution in [0.5, 0.6) is 0 Å². The molecule has 0 amide bonds. The predicted molar refractivity (Wildman–Crippen MR) is 51.3 cm³/mol. The second kappa shape index (κ2) is 7.80. The predicted octanol–water partition coefficient (Wildman–Crippen LogP) is 1.66. The fraction of sp³-hybridized carbons (Fsp3) is 0.700. The lowest BCUT2D eigenvalue weighted by Crippen LogP contribution is -1.98. The average Bonchev–Trinajstić information content (AvgIpc) is 2.10. The molecule has 76 valence electrons. The van der Waals surface area contributed by atoms with Crippen LogP contribution < -0.4 is 0 Å². The molecule has 1 atom stereocenters. The largest absolute Gasteiger partial charge is 0.466 e. The quantitative estimate of drug-likeness (QED) is 0.390. The molecule has 0 heterocycles. The summed E-state index contributed by atoms with van der Waals surface area (Å²) in [5, 5.41) is 8.94. The first-order valence-electron chi connectivity index (χ1n) is 4.59. The number of ether oxygens (including phenoxy) is 1. The molecule has 0 aromatic heterocycles. The molecule has 0 saturated carbocycles. The van der Waals surface area contributed by atoms with Gasteiger partial charge in [0.05, 0.1) is 13.2 Å². The number of allylic oxidation sites excluding steroid dienone is 1. The van der Waals surface area contributed by atoms with Crippen LogP contribution in [-0.2, 0) is 9.53 Å². The van der Waals surface area contributed by atoms with E-state index in [0.29, 0.717) is 0 Å². The van der Waals surface area contributed by atoms with Gasteiger partial charge in [-0.15, -0.1) is 0 Å². The molecule has 3 nitrogen and oxygen atoms in total. The van der Waals surface area contributed by atoms with Crippen molar-refractivity contribution in [3.05, 3.63) is 12.2 Å². The molecular weight excluding hydrogens is 168 g/mol. The minimum absolute atomic E-state index is 0.218. The highest BCUT2D eigenvalue weighted by Crippen LogP contribution is 2.03. The highest BCUT2D eigenvalue weighted by atomic mass is 16.5. The molecule has 0 fully saturated rings. The molecule has 0 aliphatic rings. The Bertz CT molecular complexity index is 162. The molecule has 1 N–H and O–H groups in total. The van der Waals surface area contributed by atoms with Crippen molar-refractivity contribution >= 4 is 5.97 Å². The van der Waals surface area contributed by atoms with Crippen LogP contribution in [0.25, 0.3) is 0 Å². The summed E-state index contributed by atoms with van der Waals surface area (Å²) in [6.07, 6.45) is 6.69. The Kier molecular flexibility index (Phi) is 7.30. The third-order valence-electron chi connectivity index (χ3n) is 1.70. The molecule has 0 aromatic carbocycles. The lowest BCUT2D eigenvalue weighted by atomic mass is 10.1. The molecule has 0 spiro atoms. The number of carbonyl (C=O) groups excluding carboxylic acids is 1. The molecule has 3 heteroatoms. The van der Waals surface area contributed by atoms with Crippen LogP contribution in [-0.4, -0.2) is 24.3 Å². The van der Waals surface area contributed by atoms with Gasteiger partial charge in [0, 0.05) is 6.08 Å². The molecule has 0 aliphatic heterocycles. The van der Waals surface area contributed by atoms with E-state index in [1.165, 1.54) is 13.2 Å². The fourth-order valence-electron chi connectivity index (χ4n) is 0.950. The van der Waals surface area contributed by atoms with E-state index in [4.69, 9.17) is 5.11 Å². The Hall–Kier alpha value is -0.830. The highest BCUT2D eigenvalue weighted by molar-refractivity contribution is 5.81. The van der Waals surface area contributed by atoms with E-state index >= 15 is 0 Å². The SMILES string of the molecule is COC(=O)C=CCCCCC(C)O. The Balaban J connectivity index is 3.25. The average molecular weight is 186 g/mol. The molecule has 0 rings (SSSR count). The van der Waals surface area contributed by atoms with Gasteiger partial charge in [0.1, 0.15) is 0 Å². The number of rotatable bonds is 6. The summed E-state index contributed by atoms with van der Waals surface area (Å²) in [5.41, 5.74) is 0. The lowest BCUT2D eigenvalue weighted by molar-refractivity contribution is -0.134. The summed E-state index contributed by atoms with van der Waals surface area (Å²) in [6, 6.07) is 0.